The minimum Gasteiger partial charge on any atom is -0.397 e. The van der Waals surface area contributed by atoms with E-state index in [0.717, 1.165) is 17.9 Å². The summed E-state index contributed by atoms with van der Waals surface area (Å²) in [5.74, 6) is 0.826. The van der Waals surface area contributed by atoms with Gasteiger partial charge in [-0.15, -0.1) is 0 Å². The highest BCUT2D eigenvalue weighted by atomic mass is 15.0. The summed E-state index contributed by atoms with van der Waals surface area (Å²) in [5, 5.41) is 3.11. The summed E-state index contributed by atoms with van der Waals surface area (Å²) >= 11 is 0. The largest absolute Gasteiger partial charge is 0.397 e. The van der Waals surface area contributed by atoms with Crippen molar-refractivity contribution in [3.63, 3.8) is 0 Å². The van der Waals surface area contributed by atoms with Crippen molar-refractivity contribution < 1.29 is 0 Å². The van der Waals surface area contributed by atoms with E-state index in [1.54, 1.807) is 6.20 Å². The number of hydrogen-bond acceptors (Lipinski definition) is 3. The van der Waals surface area contributed by atoms with Crippen LogP contribution in [-0.4, -0.2) is 11.5 Å². The van der Waals surface area contributed by atoms with Gasteiger partial charge >= 0.3 is 0 Å². The predicted octanol–water partition coefficient (Wildman–Crippen LogP) is 1.65. The minimum atomic E-state index is 0.677. The summed E-state index contributed by atoms with van der Waals surface area (Å²) < 4.78 is 0. The molecule has 1 aromatic rings. The second-order valence-corrected chi connectivity index (χ2v) is 2.79. The summed E-state index contributed by atoms with van der Waals surface area (Å²) in [6.07, 6.45) is 1.63. The van der Waals surface area contributed by atoms with Crippen LogP contribution in [0.4, 0.5) is 11.5 Å². The molecule has 0 amide bonds. The van der Waals surface area contributed by atoms with E-state index in [0.29, 0.717) is 5.69 Å². The van der Waals surface area contributed by atoms with Crippen LogP contribution in [0, 0.1) is 0 Å². The van der Waals surface area contributed by atoms with Gasteiger partial charge in [-0.1, -0.05) is 12.2 Å². The van der Waals surface area contributed by atoms with E-state index in [4.69, 9.17) is 5.73 Å². The summed E-state index contributed by atoms with van der Waals surface area (Å²) in [4.78, 5) is 4.07. The number of hydrogen-bond donors (Lipinski definition) is 2. The number of nitrogen functional groups attached to an aromatic ring is 1. The zero-order chi connectivity index (χ0) is 8.97. The molecule has 0 aromatic carbocycles. The van der Waals surface area contributed by atoms with Crippen molar-refractivity contribution in [2.24, 2.45) is 0 Å². The summed E-state index contributed by atoms with van der Waals surface area (Å²) in [5.41, 5.74) is 7.23. The van der Waals surface area contributed by atoms with Crippen molar-refractivity contribution in [3.8, 4) is 0 Å². The van der Waals surface area contributed by atoms with Crippen LogP contribution < -0.4 is 11.1 Å². The third-order valence-electron chi connectivity index (χ3n) is 1.36. The van der Waals surface area contributed by atoms with Crippen LogP contribution in [0.3, 0.4) is 0 Å². The molecular formula is C9H13N3. The second kappa shape index (κ2) is 3.76. The molecule has 3 heteroatoms. The Morgan fingerprint density at radius 2 is 2.42 bits per heavy atom. The predicted molar refractivity (Wildman–Crippen MR) is 52.0 cm³/mol. The Morgan fingerprint density at radius 1 is 1.67 bits per heavy atom. The Bertz CT molecular complexity index is 264. The van der Waals surface area contributed by atoms with Crippen LogP contribution in [-0.2, 0) is 0 Å². The van der Waals surface area contributed by atoms with Gasteiger partial charge in [0.2, 0.25) is 0 Å². The van der Waals surface area contributed by atoms with E-state index in [-0.39, 0.29) is 0 Å². The maximum Gasteiger partial charge on any atom is 0.126 e. The molecule has 0 fully saturated rings. The van der Waals surface area contributed by atoms with Crippen LogP contribution in [0.2, 0.25) is 0 Å². The van der Waals surface area contributed by atoms with E-state index in [9.17, 15) is 0 Å². The van der Waals surface area contributed by atoms with Gasteiger partial charge in [0.25, 0.3) is 0 Å². The maximum absolute atomic E-state index is 5.47. The Labute approximate surface area is 72.3 Å². The smallest absolute Gasteiger partial charge is 0.126 e. The number of nitrogens with zero attached hydrogens (tertiary/aromatic N) is 1. The molecule has 64 valence electrons. The van der Waals surface area contributed by atoms with Gasteiger partial charge in [-0.2, -0.15) is 0 Å². The molecule has 0 aliphatic carbocycles. The Balaban J connectivity index is 2.53. The van der Waals surface area contributed by atoms with Gasteiger partial charge in [0.15, 0.2) is 0 Å². The lowest BCUT2D eigenvalue weighted by Gasteiger charge is -2.03. The molecule has 0 saturated heterocycles. The molecule has 0 saturated carbocycles. The molecule has 1 rings (SSSR count). The number of pyridine rings is 1. The minimum absolute atomic E-state index is 0.677. The molecule has 1 aromatic heterocycles. The first-order valence-corrected chi connectivity index (χ1v) is 3.78. The van der Waals surface area contributed by atoms with Crippen molar-refractivity contribution in [2.45, 2.75) is 6.92 Å². The molecule has 0 spiro atoms. The maximum atomic E-state index is 5.47. The molecule has 12 heavy (non-hydrogen) atoms. The summed E-state index contributed by atoms with van der Waals surface area (Å²) in [7, 11) is 0. The third-order valence-corrected chi connectivity index (χ3v) is 1.36. The van der Waals surface area contributed by atoms with Gasteiger partial charge in [0, 0.05) is 6.54 Å². The highest BCUT2D eigenvalue weighted by Crippen LogP contribution is 2.05. The fraction of sp³-hybridized carbons (Fsp3) is 0.222. The molecule has 0 unspecified atom stereocenters. The van der Waals surface area contributed by atoms with Crippen molar-refractivity contribution >= 4 is 11.5 Å². The topological polar surface area (TPSA) is 50.9 Å². The number of aromatic nitrogens is 1. The standard InChI is InChI=1S/C9H13N3/c1-7(2)5-11-9-4-3-8(10)6-12-9/h3-4,6H,1,5,10H2,2H3,(H,11,12). The quantitative estimate of drug-likeness (QED) is 0.666. The lowest BCUT2D eigenvalue weighted by Crippen LogP contribution is -2.03. The molecule has 0 aliphatic heterocycles. The Hall–Kier alpha value is -1.51. The average Bonchev–Trinajstić information content (AvgIpc) is 2.03. The van der Waals surface area contributed by atoms with E-state index in [1.807, 2.05) is 19.1 Å². The normalized spacial score (nSPS) is 9.42. The summed E-state index contributed by atoms with van der Waals surface area (Å²) in [6.45, 7) is 6.48. The molecule has 0 aliphatic rings. The molecular weight excluding hydrogens is 150 g/mol. The highest BCUT2D eigenvalue weighted by Gasteiger charge is 1.91. The lowest BCUT2D eigenvalue weighted by molar-refractivity contribution is 1.17. The first-order chi connectivity index (χ1) is 5.68. The monoisotopic (exact) mass is 163 g/mol. The van der Waals surface area contributed by atoms with E-state index < -0.39 is 0 Å². The van der Waals surface area contributed by atoms with Gasteiger partial charge in [0.1, 0.15) is 5.82 Å². The van der Waals surface area contributed by atoms with E-state index in [1.165, 1.54) is 0 Å². The zero-order valence-electron chi connectivity index (χ0n) is 7.17. The average molecular weight is 163 g/mol. The number of nitrogens with one attached hydrogen (secondary N) is 1. The Kier molecular flexibility index (Phi) is 2.69. The van der Waals surface area contributed by atoms with Crippen molar-refractivity contribution in [2.75, 3.05) is 17.6 Å². The van der Waals surface area contributed by atoms with Crippen LogP contribution in [0.15, 0.2) is 30.5 Å². The lowest BCUT2D eigenvalue weighted by atomic mass is 10.3. The number of rotatable bonds is 3. The zero-order valence-corrected chi connectivity index (χ0v) is 7.17. The van der Waals surface area contributed by atoms with E-state index in [2.05, 4.69) is 16.9 Å². The fourth-order valence-corrected chi connectivity index (χ4v) is 0.751. The first kappa shape index (κ1) is 8.59. The van der Waals surface area contributed by atoms with E-state index >= 15 is 0 Å². The third kappa shape index (κ3) is 2.62. The van der Waals surface area contributed by atoms with Crippen LogP contribution in [0.25, 0.3) is 0 Å². The molecule has 3 nitrogen and oxygen atoms in total. The second-order valence-electron chi connectivity index (χ2n) is 2.79. The molecule has 3 N–H and O–H groups in total. The molecule has 0 atom stereocenters. The molecule has 0 bridgehead atoms. The molecule has 1 heterocycles. The van der Waals surface area contributed by atoms with Crippen LogP contribution >= 0.6 is 0 Å². The Morgan fingerprint density at radius 3 is 2.92 bits per heavy atom. The van der Waals surface area contributed by atoms with Gasteiger partial charge in [-0.3, -0.25) is 0 Å². The van der Waals surface area contributed by atoms with Crippen molar-refractivity contribution in [1.82, 2.24) is 4.98 Å². The van der Waals surface area contributed by atoms with Gasteiger partial charge in [-0.05, 0) is 19.1 Å². The SMILES string of the molecule is C=C(C)CNc1ccc(N)cn1. The van der Waals surface area contributed by atoms with Gasteiger partial charge < -0.3 is 11.1 Å². The molecule has 0 radical (unpaired) electrons. The van der Waals surface area contributed by atoms with Gasteiger partial charge in [-0.25, -0.2) is 4.98 Å². The first-order valence-electron chi connectivity index (χ1n) is 3.78. The van der Waals surface area contributed by atoms with Gasteiger partial charge in [0.05, 0.1) is 11.9 Å². The fourth-order valence-electron chi connectivity index (χ4n) is 0.751. The van der Waals surface area contributed by atoms with Crippen LogP contribution in [0.1, 0.15) is 6.92 Å². The highest BCUT2D eigenvalue weighted by molar-refractivity contribution is 5.44. The van der Waals surface area contributed by atoms with Crippen molar-refractivity contribution in [1.29, 1.82) is 0 Å². The number of anilines is 2. The summed E-state index contributed by atoms with van der Waals surface area (Å²) in [6, 6.07) is 3.66. The number of nitrogens with two attached hydrogens (primary N) is 1. The van der Waals surface area contributed by atoms with Crippen molar-refractivity contribution in [3.05, 3.63) is 30.5 Å². The van der Waals surface area contributed by atoms with Crippen LogP contribution in [0.5, 0.6) is 0 Å².